The molecule has 0 bridgehead atoms. The standard InChI is InChI=1S/C32H37N3O7/c1-2-42-30(36)23-40-18-17-39-16-15-38-14-13-37-12-11-35-20-28(33-34-35)22-41-21-27-19-26-7-3-5-24-9-10-25-6-4-8-29(27)32(25)31(24)26/h3-10,19-20H,2,11-18,21-23H2,1H3. The van der Waals surface area contributed by atoms with Gasteiger partial charge in [-0.15, -0.1) is 5.10 Å². The van der Waals surface area contributed by atoms with Crippen LogP contribution in [0.4, 0.5) is 0 Å². The molecule has 0 N–H and O–H groups in total. The first-order valence-electron chi connectivity index (χ1n) is 14.3. The number of carbonyl (C=O) groups excluding carboxylic acids is 1. The molecule has 0 unspecified atom stereocenters. The van der Waals surface area contributed by atoms with Crippen molar-refractivity contribution in [2.24, 2.45) is 0 Å². The number of ether oxygens (including phenoxy) is 6. The molecule has 1 aromatic heterocycles. The molecular weight excluding hydrogens is 538 g/mol. The van der Waals surface area contributed by atoms with Crippen molar-refractivity contribution >= 4 is 38.3 Å². The van der Waals surface area contributed by atoms with Crippen molar-refractivity contribution in [1.29, 1.82) is 0 Å². The summed E-state index contributed by atoms with van der Waals surface area (Å²) in [4.78, 5) is 11.1. The Labute approximate surface area is 244 Å². The molecule has 10 heteroatoms. The maximum Gasteiger partial charge on any atom is 0.332 e. The second kappa shape index (κ2) is 15.5. The van der Waals surface area contributed by atoms with Crippen molar-refractivity contribution in [3.05, 3.63) is 72.1 Å². The minimum Gasteiger partial charge on any atom is -0.464 e. The minimum atomic E-state index is -0.369. The van der Waals surface area contributed by atoms with E-state index in [-0.39, 0.29) is 12.6 Å². The van der Waals surface area contributed by atoms with Gasteiger partial charge in [0, 0.05) is 0 Å². The van der Waals surface area contributed by atoms with Gasteiger partial charge in [-0.2, -0.15) is 0 Å². The van der Waals surface area contributed by atoms with E-state index < -0.39 is 0 Å². The second-order valence-corrected chi connectivity index (χ2v) is 9.74. The molecule has 0 spiro atoms. The highest BCUT2D eigenvalue weighted by Crippen LogP contribution is 2.36. The topological polar surface area (TPSA) is 103 Å². The van der Waals surface area contributed by atoms with Gasteiger partial charge in [-0.25, -0.2) is 9.48 Å². The fraction of sp³-hybridized carbons (Fsp3) is 0.406. The summed E-state index contributed by atoms with van der Waals surface area (Å²) in [5, 5.41) is 16.0. The zero-order valence-corrected chi connectivity index (χ0v) is 24.0. The molecule has 0 radical (unpaired) electrons. The van der Waals surface area contributed by atoms with Crippen molar-refractivity contribution in [1.82, 2.24) is 15.0 Å². The van der Waals surface area contributed by atoms with E-state index in [0.29, 0.717) is 72.6 Å². The third kappa shape index (κ3) is 7.99. The van der Waals surface area contributed by atoms with Crippen LogP contribution in [0.3, 0.4) is 0 Å². The molecule has 10 nitrogen and oxygen atoms in total. The zero-order valence-electron chi connectivity index (χ0n) is 24.0. The van der Waals surface area contributed by atoms with E-state index >= 15 is 0 Å². The summed E-state index contributed by atoms with van der Waals surface area (Å²) in [5.41, 5.74) is 1.95. The summed E-state index contributed by atoms with van der Waals surface area (Å²) in [6, 6.07) is 19.5. The van der Waals surface area contributed by atoms with Crippen LogP contribution in [0.1, 0.15) is 18.2 Å². The predicted molar refractivity (Wildman–Crippen MR) is 159 cm³/mol. The van der Waals surface area contributed by atoms with Crippen molar-refractivity contribution in [2.75, 3.05) is 59.5 Å². The van der Waals surface area contributed by atoms with Gasteiger partial charge in [-0.3, -0.25) is 0 Å². The molecular formula is C32H37N3O7. The Kier molecular flexibility index (Phi) is 11.0. The number of nitrogens with zero attached hydrogens (tertiary/aromatic N) is 3. The van der Waals surface area contributed by atoms with E-state index in [4.69, 9.17) is 28.4 Å². The van der Waals surface area contributed by atoms with E-state index in [2.05, 4.69) is 64.9 Å². The van der Waals surface area contributed by atoms with Gasteiger partial charge < -0.3 is 28.4 Å². The van der Waals surface area contributed by atoms with E-state index in [9.17, 15) is 4.79 Å². The van der Waals surface area contributed by atoms with Gasteiger partial charge in [0.1, 0.15) is 12.3 Å². The van der Waals surface area contributed by atoms with Crippen LogP contribution < -0.4 is 0 Å². The average Bonchev–Trinajstić information content (AvgIpc) is 3.46. The Morgan fingerprint density at radius 2 is 1.40 bits per heavy atom. The van der Waals surface area contributed by atoms with Gasteiger partial charge in [-0.05, 0) is 50.9 Å². The number of esters is 1. The van der Waals surface area contributed by atoms with Crippen molar-refractivity contribution in [3.8, 4) is 0 Å². The molecule has 222 valence electrons. The highest BCUT2D eigenvalue weighted by Gasteiger charge is 2.12. The molecule has 0 saturated heterocycles. The third-order valence-electron chi connectivity index (χ3n) is 6.79. The van der Waals surface area contributed by atoms with Gasteiger partial charge in [0.05, 0.1) is 78.8 Å². The number of benzene rings is 4. The van der Waals surface area contributed by atoms with E-state index in [1.165, 1.54) is 37.9 Å². The molecule has 4 aromatic carbocycles. The number of hydrogen-bond donors (Lipinski definition) is 0. The lowest BCUT2D eigenvalue weighted by Crippen LogP contribution is -2.16. The summed E-state index contributed by atoms with van der Waals surface area (Å²) in [5.74, 6) is -0.369. The van der Waals surface area contributed by atoms with Crippen LogP contribution in [-0.4, -0.2) is 80.4 Å². The molecule has 0 aliphatic rings. The first-order chi connectivity index (χ1) is 20.7. The summed E-state index contributed by atoms with van der Waals surface area (Å²) in [6.07, 6.45) is 1.89. The van der Waals surface area contributed by atoms with Crippen LogP contribution >= 0.6 is 0 Å². The maximum atomic E-state index is 11.1. The minimum absolute atomic E-state index is 0.0576. The van der Waals surface area contributed by atoms with Crippen molar-refractivity contribution < 1.29 is 33.2 Å². The van der Waals surface area contributed by atoms with E-state index in [1.807, 2.05) is 6.20 Å². The second-order valence-electron chi connectivity index (χ2n) is 9.74. The van der Waals surface area contributed by atoms with Gasteiger partial charge in [0.15, 0.2) is 0 Å². The Bertz CT molecular complexity index is 1550. The van der Waals surface area contributed by atoms with Crippen LogP contribution in [0.2, 0.25) is 0 Å². The molecule has 1 heterocycles. The predicted octanol–water partition coefficient (Wildman–Crippen LogP) is 4.52. The normalized spacial score (nSPS) is 11.7. The van der Waals surface area contributed by atoms with Crippen molar-refractivity contribution in [2.45, 2.75) is 26.7 Å². The summed E-state index contributed by atoms with van der Waals surface area (Å²) < 4.78 is 34.3. The molecule has 0 atom stereocenters. The summed E-state index contributed by atoms with van der Waals surface area (Å²) in [6.45, 7) is 6.61. The first kappa shape index (κ1) is 29.8. The first-order valence-corrected chi connectivity index (χ1v) is 14.3. The molecule has 0 aliphatic heterocycles. The number of carbonyl (C=O) groups is 1. The Morgan fingerprint density at radius 3 is 2.17 bits per heavy atom. The zero-order chi connectivity index (χ0) is 29.0. The smallest absolute Gasteiger partial charge is 0.332 e. The Hall–Kier alpha value is -3.67. The summed E-state index contributed by atoms with van der Waals surface area (Å²) >= 11 is 0. The largest absolute Gasteiger partial charge is 0.464 e. The van der Waals surface area contributed by atoms with E-state index in [1.54, 1.807) is 11.6 Å². The summed E-state index contributed by atoms with van der Waals surface area (Å²) in [7, 11) is 0. The van der Waals surface area contributed by atoms with Gasteiger partial charge >= 0.3 is 5.97 Å². The number of rotatable bonds is 19. The fourth-order valence-corrected chi connectivity index (χ4v) is 4.91. The maximum absolute atomic E-state index is 11.1. The highest BCUT2D eigenvalue weighted by molar-refractivity contribution is 6.23. The highest BCUT2D eigenvalue weighted by atomic mass is 16.6. The number of hydrogen-bond acceptors (Lipinski definition) is 9. The SMILES string of the molecule is CCOC(=O)COCCOCCOCCOCCn1cc(COCc2cc3cccc4ccc5cccc2c5c43)nn1. The van der Waals surface area contributed by atoms with Crippen LogP contribution in [0.5, 0.6) is 0 Å². The lowest BCUT2D eigenvalue weighted by Gasteiger charge is -2.14. The van der Waals surface area contributed by atoms with Gasteiger partial charge in [-0.1, -0.05) is 53.7 Å². The van der Waals surface area contributed by atoms with Crippen LogP contribution in [-0.2, 0) is 53.0 Å². The molecule has 0 amide bonds. The molecule has 42 heavy (non-hydrogen) atoms. The third-order valence-corrected chi connectivity index (χ3v) is 6.79. The van der Waals surface area contributed by atoms with Crippen LogP contribution in [0.15, 0.2) is 60.8 Å². The lowest BCUT2D eigenvalue weighted by atomic mass is 9.91. The molecule has 0 saturated carbocycles. The molecule has 5 rings (SSSR count). The monoisotopic (exact) mass is 575 g/mol. The quantitative estimate of drug-likeness (QED) is 0.0799. The fourth-order valence-electron chi connectivity index (χ4n) is 4.91. The van der Waals surface area contributed by atoms with Crippen molar-refractivity contribution in [3.63, 3.8) is 0 Å². The molecule has 0 aliphatic carbocycles. The molecule has 5 aromatic rings. The molecule has 0 fully saturated rings. The van der Waals surface area contributed by atoms with Gasteiger partial charge in [0.25, 0.3) is 0 Å². The van der Waals surface area contributed by atoms with E-state index in [0.717, 1.165) is 5.69 Å². The number of aromatic nitrogens is 3. The lowest BCUT2D eigenvalue weighted by molar-refractivity contribution is -0.149. The van der Waals surface area contributed by atoms with Gasteiger partial charge in [0.2, 0.25) is 0 Å². The average molecular weight is 576 g/mol. The Balaban J connectivity index is 0.951. The Morgan fingerprint density at radius 1 is 0.738 bits per heavy atom. The van der Waals surface area contributed by atoms with Crippen LogP contribution in [0, 0.1) is 0 Å². The van der Waals surface area contributed by atoms with Crippen LogP contribution in [0.25, 0.3) is 32.3 Å².